The van der Waals surface area contributed by atoms with E-state index in [1.165, 1.54) is 6.08 Å². The molecule has 2 aliphatic rings. The Balaban J connectivity index is 0.00000240. The van der Waals surface area contributed by atoms with E-state index in [1.54, 1.807) is 36.2 Å². The Labute approximate surface area is 180 Å². The fourth-order valence-corrected chi connectivity index (χ4v) is 3.97. The predicted molar refractivity (Wildman–Crippen MR) is 115 cm³/mol. The molecule has 0 N–H and O–H groups in total. The molecule has 2 aromatic rings. The molecular weight excluding hydrogens is 414 g/mol. The second-order valence-corrected chi connectivity index (χ2v) is 7.64. The van der Waals surface area contributed by atoms with E-state index in [4.69, 9.17) is 18.6 Å². The predicted octanol–water partition coefficient (Wildman–Crippen LogP) is 3.79. The molecule has 0 spiro atoms. The van der Waals surface area contributed by atoms with Crippen molar-refractivity contribution in [2.45, 2.75) is 4.90 Å². The second-order valence-electron chi connectivity index (χ2n) is 6.51. The van der Waals surface area contributed by atoms with Gasteiger partial charge in [0.2, 0.25) is 0 Å². The largest absolute Gasteiger partial charge is 0.491 e. The van der Waals surface area contributed by atoms with E-state index in [2.05, 4.69) is 4.90 Å². The summed E-state index contributed by atoms with van der Waals surface area (Å²) in [6, 6.07) is 7.31. The highest BCUT2D eigenvalue weighted by Gasteiger charge is 2.20. The van der Waals surface area contributed by atoms with Crippen LogP contribution in [0.25, 0.3) is 6.08 Å². The molecule has 8 heteroatoms. The molecule has 0 bridgehead atoms. The van der Waals surface area contributed by atoms with Gasteiger partial charge >= 0.3 is 0 Å². The van der Waals surface area contributed by atoms with Gasteiger partial charge in [0.25, 0.3) is 0 Å². The smallest absolute Gasteiger partial charge is 0.189 e. The Morgan fingerprint density at radius 2 is 2.10 bits per heavy atom. The van der Waals surface area contributed by atoms with Crippen LogP contribution in [0.3, 0.4) is 0 Å². The minimum Gasteiger partial charge on any atom is -0.491 e. The summed E-state index contributed by atoms with van der Waals surface area (Å²) in [6.07, 6.45) is 4.77. The monoisotopic (exact) mass is 437 g/mol. The maximum atomic E-state index is 12.8. The topological polar surface area (TPSA) is 61.1 Å². The van der Waals surface area contributed by atoms with Gasteiger partial charge in [-0.25, -0.2) is 0 Å². The minimum absolute atomic E-state index is 0. The Hall–Kier alpha value is -1.93. The Morgan fingerprint density at radius 3 is 2.90 bits per heavy atom. The van der Waals surface area contributed by atoms with Crippen molar-refractivity contribution in [3.8, 4) is 11.5 Å². The van der Waals surface area contributed by atoms with Crippen molar-refractivity contribution >= 4 is 36.0 Å². The van der Waals surface area contributed by atoms with Crippen LogP contribution in [0.5, 0.6) is 11.5 Å². The lowest BCUT2D eigenvalue weighted by molar-refractivity contribution is 0.0322. The molecule has 1 saturated heterocycles. The lowest BCUT2D eigenvalue weighted by Gasteiger charge is -2.26. The van der Waals surface area contributed by atoms with E-state index in [-0.39, 0.29) is 18.2 Å². The zero-order chi connectivity index (χ0) is 19.2. The molecular formula is C21H24ClNO5S. The van der Waals surface area contributed by atoms with Gasteiger partial charge in [0, 0.05) is 31.5 Å². The molecule has 6 nitrogen and oxygen atoms in total. The highest BCUT2D eigenvalue weighted by molar-refractivity contribution is 7.99. The SMILES string of the molecule is Cl.O=C(/C=C/c1ccco1)c1cc2c(cc1OCCN1CCOCC1)OCCS2. The number of rotatable bonds is 7. The average molecular weight is 438 g/mol. The number of halogens is 1. The molecule has 0 saturated carbocycles. The number of carbonyl (C=O) groups is 1. The third-order valence-electron chi connectivity index (χ3n) is 4.62. The molecule has 156 valence electrons. The van der Waals surface area contributed by atoms with E-state index in [0.29, 0.717) is 30.3 Å². The number of morpholine rings is 1. The van der Waals surface area contributed by atoms with Gasteiger partial charge in [-0.2, -0.15) is 0 Å². The average Bonchev–Trinajstić information content (AvgIpc) is 3.26. The third kappa shape index (κ3) is 5.79. The van der Waals surface area contributed by atoms with Crippen LogP contribution in [-0.4, -0.2) is 62.5 Å². The Kier molecular flexibility index (Phi) is 8.06. The van der Waals surface area contributed by atoms with Crippen molar-refractivity contribution < 1.29 is 23.4 Å². The lowest BCUT2D eigenvalue weighted by atomic mass is 10.1. The Bertz CT molecular complexity index is 834. The molecule has 3 heterocycles. The van der Waals surface area contributed by atoms with Crippen molar-refractivity contribution in [3.05, 3.63) is 47.9 Å². The van der Waals surface area contributed by atoms with Crippen molar-refractivity contribution in [3.63, 3.8) is 0 Å². The van der Waals surface area contributed by atoms with Gasteiger partial charge in [-0.05, 0) is 30.4 Å². The zero-order valence-electron chi connectivity index (χ0n) is 16.0. The standard InChI is InChI=1S/C21H23NO5S.ClH/c23-18(4-3-16-2-1-8-25-16)17-14-21-20(27-12-13-28-21)15-19(17)26-11-7-22-5-9-24-10-6-22;/h1-4,8,14-15H,5-7,9-13H2;1H/b4-3+;. The van der Waals surface area contributed by atoms with Gasteiger partial charge < -0.3 is 18.6 Å². The molecule has 29 heavy (non-hydrogen) atoms. The minimum atomic E-state index is -0.119. The number of furan rings is 1. The maximum Gasteiger partial charge on any atom is 0.189 e. The summed E-state index contributed by atoms with van der Waals surface area (Å²) in [5.41, 5.74) is 0.543. The van der Waals surface area contributed by atoms with Crippen LogP contribution in [0.4, 0.5) is 0 Å². The number of thioether (sulfide) groups is 1. The highest BCUT2D eigenvalue weighted by atomic mass is 35.5. The van der Waals surface area contributed by atoms with Crippen LogP contribution in [0.15, 0.2) is 45.9 Å². The van der Waals surface area contributed by atoms with E-state index in [1.807, 2.05) is 12.1 Å². The van der Waals surface area contributed by atoms with Crippen LogP contribution in [0.1, 0.15) is 16.1 Å². The summed E-state index contributed by atoms with van der Waals surface area (Å²) in [5, 5.41) is 0. The summed E-state index contributed by atoms with van der Waals surface area (Å²) < 4.78 is 22.4. The fraction of sp³-hybridized carbons (Fsp3) is 0.381. The first kappa shape index (κ1) is 21.8. The zero-order valence-corrected chi connectivity index (χ0v) is 17.6. The van der Waals surface area contributed by atoms with Crippen LogP contribution in [-0.2, 0) is 4.74 Å². The number of carbonyl (C=O) groups excluding carboxylic acids is 1. The van der Waals surface area contributed by atoms with Crippen LogP contribution in [0.2, 0.25) is 0 Å². The van der Waals surface area contributed by atoms with Crippen LogP contribution in [0, 0.1) is 0 Å². The summed E-state index contributed by atoms with van der Waals surface area (Å²) in [5.74, 6) is 2.73. The van der Waals surface area contributed by atoms with Crippen molar-refractivity contribution in [2.24, 2.45) is 0 Å². The van der Waals surface area contributed by atoms with Crippen LogP contribution >= 0.6 is 24.2 Å². The number of hydrogen-bond donors (Lipinski definition) is 0. The van der Waals surface area contributed by atoms with E-state index in [0.717, 1.165) is 49.2 Å². The first-order valence-electron chi connectivity index (χ1n) is 9.42. The quantitative estimate of drug-likeness (QED) is 0.482. The van der Waals surface area contributed by atoms with Gasteiger partial charge in [0.15, 0.2) is 5.78 Å². The van der Waals surface area contributed by atoms with Gasteiger partial charge in [-0.15, -0.1) is 24.2 Å². The lowest BCUT2D eigenvalue weighted by Crippen LogP contribution is -2.38. The molecule has 1 fully saturated rings. The van der Waals surface area contributed by atoms with E-state index < -0.39 is 0 Å². The molecule has 0 unspecified atom stereocenters. The summed E-state index contributed by atoms with van der Waals surface area (Å²) in [6.45, 7) is 5.29. The Morgan fingerprint density at radius 1 is 1.24 bits per heavy atom. The number of ketones is 1. The van der Waals surface area contributed by atoms with Gasteiger partial charge in [0.1, 0.15) is 23.9 Å². The second kappa shape index (κ2) is 10.7. The summed E-state index contributed by atoms with van der Waals surface area (Å²) >= 11 is 1.69. The van der Waals surface area contributed by atoms with Crippen molar-refractivity contribution in [2.75, 3.05) is 51.8 Å². The number of benzene rings is 1. The third-order valence-corrected chi connectivity index (χ3v) is 5.62. The van der Waals surface area contributed by atoms with Gasteiger partial charge in [-0.3, -0.25) is 9.69 Å². The highest BCUT2D eigenvalue weighted by Crippen LogP contribution is 2.38. The first-order chi connectivity index (χ1) is 13.8. The summed E-state index contributed by atoms with van der Waals surface area (Å²) in [4.78, 5) is 16.1. The molecule has 4 rings (SSSR count). The maximum absolute atomic E-state index is 12.8. The number of allylic oxidation sites excluding steroid dienone is 1. The molecule has 0 atom stereocenters. The van der Waals surface area contributed by atoms with Crippen LogP contribution < -0.4 is 9.47 Å². The fourth-order valence-electron chi connectivity index (χ4n) is 3.13. The van der Waals surface area contributed by atoms with E-state index in [9.17, 15) is 4.79 Å². The van der Waals surface area contributed by atoms with Gasteiger partial charge in [0.05, 0.1) is 36.5 Å². The first-order valence-corrected chi connectivity index (χ1v) is 10.4. The number of ether oxygens (including phenoxy) is 3. The molecule has 1 aromatic carbocycles. The number of hydrogen-bond acceptors (Lipinski definition) is 7. The van der Waals surface area contributed by atoms with Crippen molar-refractivity contribution in [1.29, 1.82) is 0 Å². The molecule has 1 aromatic heterocycles. The normalized spacial score (nSPS) is 16.7. The molecule has 0 aliphatic carbocycles. The molecule has 0 amide bonds. The summed E-state index contributed by atoms with van der Waals surface area (Å²) in [7, 11) is 0. The van der Waals surface area contributed by atoms with Gasteiger partial charge in [-0.1, -0.05) is 0 Å². The molecule has 2 aliphatic heterocycles. The number of nitrogens with zero attached hydrogens (tertiary/aromatic N) is 1. The molecule has 0 radical (unpaired) electrons. The van der Waals surface area contributed by atoms with E-state index >= 15 is 0 Å². The number of fused-ring (bicyclic) bond motifs is 1. The van der Waals surface area contributed by atoms with Crippen molar-refractivity contribution in [1.82, 2.24) is 4.90 Å².